The molecule has 1 aromatic heterocycles. The predicted octanol–water partition coefficient (Wildman–Crippen LogP) is 6.15. The van der Waals surface area contributed by atoms with Gasteiger partial charge in [0, 0.05) is 28.7 Å². The van der Waals surface area contributed by atoms with Crippen LogP contribution in [0.15, 0.2) is 79.5 Å². The van der Waals surface area contributed by atoms with Crippen molar-refractivity contribution in [3.8, 4) is 0 Å². The number of aromatic carboxylic acids is 1. The standard InChI is InChI=1S/C22H14BrIN2O4S/c23-17-10-16(30-19(17)24)11-18-20(27)26(12-13-6-8-14(9-7-13)21(28)29)22(31-18)25-15-4-2-1-3-5-15/h1-11H,12H2,(H,28,29)/b18-11-,25-22?. The lowest BCUT2D eigenvalue weighted by atomic mass is 10.1. The van der Waals surface area contributed by atoms with E-state index in [-0.39, 0.29) is 18.0 Å². The maximum atomic E-state index is 13.2. The van der Waals surface area contributed by atoms with Crippen molar-refractivity contribution in [1.29, 1.82) is 0 Å². The second-order valence-corrected chi connectivity index (χ2v) is 9.35. The lowest BCUT2D eigenvalue weighted by Crippen LogP contribution is -2.28. The smallest absolute Gasteiger partial charge is 0.335 e. The summed E-state index contributed by atoms with van der Waals surface area (Å²) in [6.45, 7) is 0.272. The highest BCUT2D eigenvalue weighted by Crippen LogP contribution is 2.36. The zero-order valence-electron chi connectivity index (χ0n) is 15.8. The van der Waals surface area contributed by atoms with E-state index in [1.807, 2.05) is 36.4 Å². The molecule has 4 rings (SSSR count). The lowest BCUT2D eigenvalue weighted by molar-refractivity contribution is -0.122. The van der Waals surface area contributed by atoms with Crippen LogP contribution in [-0.4, -0.2) is 27.1 Å². The van der Waals surface area contributed by atoms with Gasteiger partial charge in [0.2, 0.25) is 0 Å². The number of hydrogen-bond acceptors (Lipinski definition) is 5. The first-order valence-electron chi connectivity index (χ1n) is 9.03. The Balaban J connectivity index is 1.67. The molecule has 156 valence electrons. The first-order valence-corrected chi connectivity index (χ1v) is 11.7. The summed E-state index contributed by atoms with van der Waals surface area (Å²) >= 11 is 6.76. The Labute approximate surface area is 204 Å². The number of halogens is 2. The zero-order chi connectivity index (χ0) is 22.0. The van der Waals surface area contributed by atoms with Crippen molar-refractivity contribution in [3.05, 3.63) is 90.7 Å². The fourth-order valence-corrected chi connectivity index (χ4v) is 4.54. The minimum Gasteiger partial charge on any atom is -0.478 e. The Morgan fingerprint density at radius 3 is 2.52 bits per heavy atom. The second-order valence-electron chi connectivity index (χ2n) is 6.50. The molecule has 1 amide bonds. The Bertz CT molecular complexity index is 1190. The largest absolute Gasteiger partial charge is 0.478 e. The summed E-state index contributed by atoms with van der Waals surface area (Å²) in [6.07, 6.45) is 1.70. The van der Waals surface area contributed by atoms with Crippen molar-refractivity contribution >= 4 is 79.1 Å². The van der Waals surface area contributed by atoms with Gasteiger partial charge in [0.15, 0.2) is 8.93 Å². The fourth-order valence-electron chi connectivity index (χ4n) is 2.84. The van der Waals surface area contributed by atoms with Crippen molar-refractivity contribution < 1.29 is 19.1 Å². The van der Waals surface area contributed by atoms with Crippen LogP contribution in [0.2, 0.25) is 0 Å². The Morgan fingerprint density at radius 1 is 1.19 bits per heavy atom. The lowest BCUT2D eigenvalue weighted by Gasteiger charge is -2.16. The molecule has 0 atom stereocenters. The molecule has 1 saturated heterocycles. The number of hydrogen-bond donors (Lipinski definition) is 1. The number of carbonyl (C=O) groups is 2. The van der Waals surface area contributed by atoms with E-state index in [4.69, 9.17) is 9.52 Å². The molecule has 1 aliphatic rings. The molecule has 0 aliphatic carbocycles. The van der Waals surface area contributed by atoms with Gasteiger partial charge < -0.3 is 9.52 Å². The van der Waals surface area contributed by atoms with Crippen molar-refractivity contribution in [2.75, 3.05) is 0 Å². The third-order valence-electron chi connectivity index (χ3n) is 4.35. The van der Waals surface area contributed by atoms with Gasteiger partial charge >= 0.3 is 5.97 Å². The number of para-hydroxylation sites is 1. The van der Waals surface area contributed by atoms with Crippen molar-refractivity contribution in [1.82, 2.24) is 4.90 Å². The number of thioether (sulfide) groups is 1. The number of amidine groups is 1. The number of carbonyl (C=O) groups excluding carboxylic acids is 1. The number of carboxylic acid groups (broad SMARTS) is 1. The summed E-state index contributed by atoms with van der Waals surface area (Å²) in [4.78, 5) is 31.0. The first-order chi connectivity index (χ1) is 14.9. The molecule has 1 aliphatic heterocycles. The molecule has 0 spiro atoms. The molecule has 0 bridgehead atoms. The van der Waals surface area contributed by atoms with E-state index in [0.717, 1.165) is 15.7 Å². The normalized spacial score (nSPS) is 16.5. The summed E-state index contributed by atoms with van der Waals surface area (Å²) in [6, 6.07) is 17.7. The van der Waals surface area contributed by atoms with Gasteiger partial charge in [0.1, 0.15) is 5.76 Å². The molecule has 2 heterocycles. The number of amides is 1. The second kappa shape index (κ2) is 9.41. The average molecular weight is 609 g/mol. The summed E-state index contributed by atoms with van der Waals surface area (Å²) in [5, 5.41) is 9.64. The highest BCUT2D eigenvalue weighted by atomic mass is 127. The minimum atomic E-state index is -0.991. The van der Waals surface area contributed by atoms with E-state index in [1.165, 1.54) is 23.9 Å². The van der Waals surface area contributed by atoms with Crippen molar-refractivity contribution in [2.45, 2.75) is 6.54 Å². The van der Waals surface area contributed by atoms with E-state index < -0.39 is 5.97 Å². The predicted molar refractivity (Wildman–Crippen MR) is 132 cm³/mol. The molecule has 1 fully saturated rings. The third-order valence-corrected chi connectivity index (χ3v) is 7.49. The number of furan rings is 1. The van der Waals surface area contributed by atoms with Crippen LogP contribution in [0.25, 0.3) is 6.08 Å². The molecular weight excluding hydrogens is 595 g/mol. The monoisotopic (exact) mass is 608 g/mol. The van der Waals surface area contributed by atoms with Crippen LogP contribution in [0.3, 0.4) is 0 Å². The highest BCUT2D eigenvalue weighted by Gasteiger charge is 2.34. The number of aliphatic imine (C=N–C) groups is 1. The van der Waals surface area contributed by atoms with Gasteiger partial charge in [0.05, 0.1) is 27.2 Å². The summed E-state index contributed by atoms with van der Waals surface area (Å²) in [5.41, 5.74) is 1.74. The number of rotatable bonds is 5. The molecule has 31 heavy (non-hydrogen) atoms. The van der Waals surface area contributed by atoms with Gasteiger partial charge in [-0.1, -0.05) is 30.3 Å². The van der Waals surface area contributed by atoms with Crippen LogP contribution < -0.4 is 0 Å². The van der Waals surface area contributed by atoms with Crippen LogP contribution in [0.5, 0.6) is 0 Å². The topological polar surface area (TPSA) is 83.1 Å². The average Bonchev–Trinajstić information content (AvgIpc) is 3.22. The maximum absolute atomic E-state index is 13.2. The van der Waals surface area contributed by atoms with Crippen molar-refractivity contribution in [3.63, 3.8) is 0 Å². The van der Waals surface area contributed by atoms with Gasteiger partial charge in [-0.05, 0) is 63.6 Å². The zero-order valence-corrected chi connectivity index (χ0v) is 20.3. The Hall–Kier alpha value is -2.37. The molecular formula is C22H14BrIN2O4S. The summed E-state index contributed by atoms with van der Waals surface area (Å²) in [5.74, 6) is -0.612. The van der Waals surface area contributed by atoms with E-state index in [1.54, 1.807) is 23.1 Å². The summed E-state index contributed by atoms with van der Waals surface area (Å²) < 4.78 is 7.18. The molecule has 2 aromatic carbocycles. The quantitative estimate of drug-likeness (QED) is 0.278. The first kappa shape index (κ1) is 21.8. The van der Waals surface area contributed by atoms with E-state index in [2.05, 4.69) is 43.5 Å². The van der Waals surface area contributed by atoms with E-state index in [9.17, 15) is 9.59 Å². The van der Waals surface area contributed by atoms with Gasteiger partial charge in [-0.15, -0.1) is 0 Å². The van der Waals surface area contributed by atoms with Gasteiger partial charge in [-0.25, -0.2) is 9.79 Å². The van der Waals surface area contributed by atoms with Crippen LogP contribution in [-0.2, 0) is 11.3 Å². The summed E-state index contributed by atoms with van der Waals surface area (Å²) in [7, 11) is 0. The highest BCUT2D eigenvalue weighted by molar-refractivity contribution is 14.1. The maximum Gasteiger partial charge on any atom is 0.335 e. The van der Waals surface area contributed by atoms with Gasteiger partial charge in [-0.2, -0.15) is 0 Å². The van der Waals surface area contributed by atoms with Crippen LogP contribution in [0.1, 0.15) is 21.7 Å². The Morgan fingerprint density at radius 2 is 1.90 bits per heavy atom. The van der Waals surface area contributed by atoms with Crippen molar-refractivity contribution in [2.24, 2.45) is 4.99 Å². The molecule has 0 unspecified atom stereocenters. The molecule has 3 aromatic rings. The molecule has 6 nitrogen and oxygen atoms in total. The molecule has 0 radical (unpaired) electrons. The van der Waals surface area contributed by atoms with E-state index in [0.29, 0.717) is 19.6 Å². The fraction of sp³-hybridized carbons (Fsp3) is 0.0455. The van der Waals surface area contributed by atoms with Crippen LogP contribution in [0, 0.1) is 3.77 Å². The molecule has 0 saturated carbocycles. The van der Waals surface area contributed by atoms with Gasteiger partial charge in [0.25, 0.3) is 5.91 Å². The third kappa shape index (κ3) is 5.10. The SMILES string of the molecule is O=C(O)c1ccc(CN2C(=O)/C(=C/c3cc(Br)c(I)o3)SC2=Nc2ccccc2)cc1. The van der Waals surface area contributed by atoms with Gasteiger partial charge in [-0.3, -0.25) is 9.69 Å². The Kier molecular flexibility index (Phi) is 6.63. The van der Waals surface area contributed by atoms with Crippen LogP contribution >= 0.6 is 50.3 Å². The number of carboxylic acids is 1. The number of benzene rings is 2. The van der Waals surface area contributed by atoms with Crippen LogP contribution in [0.4, 0.5) is 5.69 Å². The number of nitrogens with zero attached hydrogens (tertiary/aromatic N) is 2. The minimum absolute atomic E-state index is 0.190. The van der Waals surface area contributed by atoms with E-state index >= 15 is 0 Å². The molecule has 9 heteroatoms. The molecule has 1 N–H and O–H groups in total.